The summed E-state index contributed by atoms with van der Waals surface area (Å²) in [6.45, 7) is 9.60. The first-order valence-electron chi connectivity index (χ1n) is 6.05. The highest BCUT2D eigenvalue weighted by Gasteiger charge is 2.36. The van der Waals surface area contributed by atoms with Gasteiger partial charge in [0, 0.05) is 13.1 Å². The molecule has 0 radical (unpaired) electrons. The van der Waals surface area contributed by atoms with Crippen LogP contribution in [-0.4, -0.2) is 42.6 Å². The number of nitrogens with two attached hydrogens (primary N) is 1. The van der Waals surface area contributed by atoms with Gasteiger partial charge < -0.3 is 15.4 Å². The first-order chi connectivity index (χ1) is 7.42. The Balaban J connectivity index is 2.78. The first kappa shape index (κ1) is 13.5. The Morgan fingerprint density at radius 3 is 2.69 bits per heavy atom. The molecule has 1 aliphatic rings. The van der Waals surface area contributed by atoms with E-state index in [2.05, 4.69) is 6.92 Å². The van der Waals surface area contributed by atoms with Crippen LogP contribution in [0.5, 0.6) is 0 Å². The van der Waals surface area contributed by atoms with Gasteiger partial charge in [-0.15, -0.1) is 0 Å². The van der Waals surface area contributed by atoms with Crippen LogP contribution in [0.25, 0.3) is 0 Å². The van der Waals surface area contributed by atoms with Crippen molar-refractivity contribution < 1.29 is 9.53 Å². The molecule has 16 heavy (non-hydrogen) atoms. The number of hydrogen-bond donors (Lipinski definition) is 1. The SMILES string of the molecule is CCC1COC(C)CN1C(=O)C(C)(C)CN. The Bertz CT molecular complexity index is 253. The van der Waals surface area contributed by atoms with Crippen LogP contribution in [0, 0.1) is 5.41 Å². The molecule has 0 bridgehead atoms. The van der Waals surface area contributed by atoms with Gasteiger partial charge in [0.25, 0.3) is 0 Å². The van der Waals surface area contributed by atoms with Crippen molar-refractivity contribution in [3.05, 3.63) is 0 Å². The number of rotatable bonds is 3. The molecule has 1 saturated heterocycles. The second-order valence-corrected chi connectivity index (χ2v) is 5.25. The Hall–Kier alpha value is -0.610. The Morgan fingerprint density at radius 1 is 1.56 bits per heavy atom. The number of carbonyl (C=O) groups excluding carboxylic acids is 1. The third-order valence-corrected chi connectivity index (χ3v) is 3.29. The van der Waals surface area contributed by atoms with Gasteiger partial charge in [-0.25, -0.2) is 0 Å². The van der Waals surface area contributed by atoms with E-state index in [1.165, 1.54) is 0 Å². The topological polar surface area (TPSA) is 55.6 Å². The maximum Gasteiger partial charge on any atom is 0.229 e. The van der Waals surface area contributed by atoms with Gasteiger partial charge in [0.15, 0.2) is 0 Å². The molecule has 2 unspecified atom stereocenters. The average molecular weight is 228 g/mol. The molecule has 0 aromatic carbocycles. The third kappa shape index (κ3) is 2.74. The number of amides is 1. The summed E-state index contributed by atoms with van der Waals surface area (Å²) in [5.41, 5.74) is 5.19. The smallest absolute Gasteiger partial charge is 0.229 e. The van der Waals surface area contributed by atoms with E-state index in [0.717, 1.165) is 6.42 Å². The molecule has 0 aromatic heterocycles. The minimum absolute atomic E-state index is 0.125. The van der Waals surface area contributed by atoms with Crippen molar-refractivity contribution in [3.8, 4) is 0 Å². The lowest BCUT2D eigenvalue weighted by Crippen LogP contribution is -2.56. The van der Waals surface area contributed by atoms with E-state index in [0.29, 0.717) is 19.7 Å². The fourth-order valence-electron chi connectivity index (χ4n) is 1.91. The summed E-state index contributed by atoms with van der Waals surface area (Å²) in [6, 6.07) is 0.203. The van der Waals surface area contributed by atoms with E-state index in [9.17, 15) is 4.79 Å². The predicted octanol–water partition coefficient (Wildman–Crippen LogP) is 0.997. The lowest BCUT2D eigenvalue weighted by atomic mass is 9.90. The lowest BCUT2D eigenvalue weighted by Gasteiger charge is -2.41. The van der Waals surface area contributed by atoms with Gasteiger partial charge in [-0.2, -0.15) is 0 Å². The molecule has 2 N–H and O–H groups in total. The van der Waals surface area contributed by atoms with Gasteiger partial charge in [0.2, 0.25) is 5.91 Å². The van der Waals surface area contributed by atoms with Crippen LogP contribution in [0.15, 0.2) is 0 Å². The van der Waals surface area contributed by atoms with Gasteiger partial charge in [-0.1, -0.05) is 6.92 Å². The van der Waals surface area contributed by atoms with Crippen LogP contribution in [0.1, 0.15) is 34.1 Å². The number of carbonyl (C=O) groups is 1. The van der Waals surface area contributed by atoms with Crippen LogP contribution < -0.4 is 5.73 Å². The van der Waals surface area contributed by atoms with Crippen LogP contribution >= 0.6 is 0 Å². The number of morpholine rings is 1. The molecule has 1 aliphatic heterocycles. The van der Waals surface area contributed by atoms with Gasteiger partial charge in [0.05, 0.1) is 24.2 Å². The van der Waals surface area contributed by atoms with Crippen molar-refractivity contribution in [2.24, 2.45) is 11.1 Å². The maximum atomic E-state index is 12.4. The van der Waals surface area contributed by atoms with Crippen LogP contribution in [0.4, 0.5) is 0 Å². The summed E-state index contributed by atoms with van der Waals surface area (Å²) in [5, 5.41) is 0. The minimum Gasteiger partial charge on any atom is -0.375 e. The van der Waals surface area contributed by atoms with Crippen LogP contribution in [-0.2, 0) is 9.53 Å². The second kappa shape index (κ2) is 5.15. The monoisotopic (exact) mass is 228 g/mol. The largest absolute Gasteiger partial charge is 0.375 e. The van der Waals surface area contributed by atoms with E-state index in [1.54, 1.807) is 0 Å². The summed E-state index contributed by atoms with van der Waals surface area (Å²) in [6.07, 6.45) is 1.05. The Morgan fingerprint density at radius 2 is 2.19 bits per heavy atom. The third-order valence-electron chi connectivity index (χ3n) is 3.29. The predicted molar refractivity (Wildman–Crippen MR) is 64.0 cm³/mol. The summed E-state index contributed by atoms with van der Waals surface area (Å²) < 4.78 is 5.58. The van der Waals surface area contributed by atoms with Gasteiger partial charge in [0.1, 0.15) is 0 Å². The molecule has 4 nitrogen and oxygen atoms in total. The Labute approximate surface area is 98.1 Å². The van der Waals surface area contributed by atoms with Crippen molar-refractivity contribution in [1.29, 1.82) is 0 Å². The summed E-state index contributed by atoms with van der Waals surface area (Å²) >= 11 is 0. The highest BCUT2D eigenvalue weighted by Crippen LogP contribution is 2.23. The molecule has 0 spiro atoms. The highest BCUT2D eigenvalue weighted by molar-refractivity contribution is 5.82. The maximum absolute atomic E-state index is 12.4. The molecule has 94 valence electrons. The van der Waals surface area contributed by atoms with Crippen molar-refractivity contribution in [2.45, 2.75) is 46.3 Å². The highest BCUT2D eigenvalue weighted by atomic mass is 16.5. The van der Waals surface area contributed by atoms with E-state index in [4.69, 9.17) is 10.5 Å². The van der Waals surface area contributed by atoms with Crippen molar-refractivity contribution in [3.63, 3.8) is 0 Å². The number of nitrogens with zero attached hydrogens (tertiary/aromatic N) is 1. The fourth-order valence-corrected chi connectivity index (χ4v) is 1.91. The molecule has 1 heterocycles. The van der Waals surface area contributed by atoms with Crippen molar-refractivity contribution in [2.75, 3.05) is 19.7 Å². The molecule has 1 amide bonds. The van der Waals surface area contributed by atoms with Gasteiger partial charge >= 0.3 is 0 Å². The molecule has 0 saturated carbocycles. The van der Waals surface area contributed by atoms with Crippen molar-refractivity contribution in [1.82, 2.24) is 4.90 Å². The van der Waals surface area contributed by atoms with Crippen LogP contribution in [0.2, 0.25) is 0 Å². The first-order valence-corrected chi connectivity index (χ1v) is 6.05. The quantitative estimate of drug-likeness (QED) is 0.784. The fraction of sp³-hybridized carbons (Fsp3) is 0.917. The summed E-state index contributed by atoms with van der Waals surface area (Å²) in [4.78, 5) is 14.3. The minimum atomic E-state index is -0.468. The molecular formula is C12H24N2O2. The average Bonchev–Trinajstić information content (AvgIpc) is 2.28. The molecule has 4 heteroatoms. The zero-order valence-corrected chi connectivity index (χ0v) is 10.8. The number of ether oxygens (including phenoxy) is 1. The summed E-state index contributed by atoms with van der Waals surface area (Å²) in [5.74, 6) is 0.150. The zero-order chi connectivity index (χ0) is 12.3. The van der Waals surface area contributed by atoms with E-state index in [-0.39, 0.29) is 18.1 Å². The Kier molecular flexibility index (Phi) is 4.33. The summed E-state index contributed by atoms with van der Waals surface area (Å²) in [7, 11) is 0. The normalized spacial score (nSPS) is 26.9. The van der Waals surface area contributed by atoms with Crippen LogP contribution in [0.3, 0.4) is 0 Å². The van der Waals surface area contributed by atoms with Gasteiger partial charge in [-0.3, -0.25) is 4.79 Å². The molecule has 2 atom stereocenters. The van der Waals surface area contributed by atoms with Gasteiger partial charge in [-0.05, 0) is 27.2 Å². The molecule has 0 aromatic rings. The molecule has 1 fully saturated rings. The van der Waals surface area contributed by atoms with E-state index >= 15 is 0 Å². The molecule has 0 aliphatic carbocycles. The molecular weight excluding hydrogens is 204 g/mol. The van der Waals surface area contributed by atoms with Crippen molar-refractivity contribution >= 4 is 5.91 Å². The number of hydrogen-bond acceptors (Lipinski definition) is 3. The van der Waals surface area contributed by atoms with E-state index in [1.807, 2.05) is 25.7 Å². The van der Waals surface area contributed by atoms with E-state index < -0.39 is 5.41 Å². The second-order valence-electron chi connectivity index (χ2n) is 5.25. The lowest BCUT2D eigenvalue weighted by molar-refractivity contribution is -0.153. The zero-order valence-electron chi connectivity index (χ0n) is 10.8. The standard InChI is InChI=1S/C12H24N2O2/c1-5-10-7-16-9(2)6-14(10)11(15)12(3,4)8-13/h9-10H,5-8,13H2,1-4H3. The molecule has 1 rings (SSSR count).